The van der Waals surface area contributed by atoms with Crippen LogP contribution in [0.5, 0.6) is 0 Å². The SMILES string of the molecule is CC(C)C(C)(Cl)OS(=O)O. The molecule has 0 aliphatic carbocycles. The standard InChI is InChI=1S/C5H11ClO3S/c1-4(2)5(3,6)9-10(7)8/h4H,1-3H3,(H,7,8). The van der Waals surface area contributed by atoms with Gasteiger partial charge < -0.3 is 0 Å². The maximum absolute atomic E-state index is 10.1. The fourth-order valence-corrected chi connectivity index (χ4v) is 0.869. The van der Waals surface area contributed by atoms with Crippen LogP contribution in [0, 0.1) is 5.92 Å². The maximum atomic E-state index is 10.1. The van der Waals surface area contributed by atoms with Gasteiger partial charge >= 0.3 is 11.4 Å². The predicted molar refractivity (Wildman–Crippen MR) is 41.0 cm³/mol. The first kappa shape index (κ1) is 10.4. The Kier molecular flexibility index (Phi) is 3.80. The quantitative estimate of drug-likeness (QED) is 0.540. The third kappa shape index (κ3) is 3.51. The minimum Gasteiger partial charge on any atom is -0.284 e. The van der Waals surface area contributed by atoms with Gasteiger partial charge in [0.15, 0.2) is 5.06 Å². The van der Waals surface area contributed by atoms with Crippen molar-refractivity contribution in [3.63, 3.8) is 0 Å². The van der Waals surface area contributed by atoms with E-state index in [4.69, 9.17) is 16.2 Å². The lowest BCUT2D eigenvalue weighted by Crippen LogP contribution is -2.28. The van der Waals surface area contributed by atoms with E-state index in [0.29, 0.717) is 0 Å². The van der Waals surface area contributed by atoms with Gasteiger partial charge in [0.2, 0.25) is 0 Å². The van der Waals surface area contributed by atoms with Crippen molar-refractivity contribution in [1.82, 2.24) is 0 Å². The van der Waals surface area contributed by atoms with Crippen LogP contribution in [0.3, 0.4) is 0 Å². The Balaban J connectivity index is 3.99. The van der Waals surface area contributed by atoms with Gasteiger partial charge in [0.1, 0.15) is 0 Å². The van der Waals surface area contributed by atoms with Gasteiger partial charge in [-0.15, -0.1) is 0 Å². The van der Waals surface area contributed by atoms with Gasteiger partial charge in [-0.2, -0.15) is 4.21 Å². The molecule has 0 amide bonds. The minimum absolute atomic E-state index is 0.00901. The van der Waals surface area contributed by atoms with E-state index in [1.807, 2.05) is 0 Å². The molecule has 0 saturated carbocycles. The Morgan fingerprint density at radius 1 is 1.70 bits per heavy atom. The Morgan fingerprint density at radius 2 is 2.10 bits per heavy atom. The summed E-state index contributed by atoms with van der Waals surface area (Å²) in [5.74, 6) is -0.00901. The molecule has 0 aliphatic rings. The highest BCUT2D eigenvalue weighted by Crippen LogP contribution is 2.26. The van der Waals surface area contributed by atoms with E-state index in [-0.39, 0.29) is 5.92 Å². The molecule has 0 aromatic heterocycles. The molecule has 3 nitrogen and oxygen atoms in total. The topological polar surface area (TPSA) is 46.5 Å². The van der Waals surface area contributed by atoms with Crippen LogP contribution >= 0.6 is 11.6 Å². The average molecular weight is 187 g/mol. The molecule has 10 heavy (non-hydrogen) atoms. The third-order valence-corrected chi connectivity index (χ3v) is 2.36. The largest absolute Gasteiger partial charge is 0.303 e. The molecule has 0 spiro atoms. The molecule has 0 aromatic carbocycles. The Bertz CT molecular complexity index is 135. The summed E-state index contributed by atoms with van der Waals surface area (Å²) in [5.41, 5.74) is 0. The molecule has 0 heterocycles. The monoisotopic (exact) mass is 186 g/mol. The van der Waals surface area contributed by atoms with E-state index in [2.05, 4.69) is 4.18 Å². The molecule has 0 radical (unpaired) electrons. The van der Waals surface area contributed by atoms with Gasteiger partial charge in [-0.05, 0) is 12.8 Å². The van der Waals surface area contributed by atoms with Gasteiger partial charge in [-0.25, -0.2) is 4.18 Å². The lowest BCUT2D eigenvalue weighted by Gasteiger charge is -2.23. The van der Waals surface area contributed by atoms with Gasteiger partial charge in [0, 0.05) is 0 Å². The molecule has 0 bridgehead atoms. The summed E-state index contributed by atoms with van der Waals surface area (Å²) < 4.78 is 22.9. The molecule has 2 unspecified atom stereocenters. The zero-order chi connectivity index (χ0) is 8.36. The molecule has 0 saturated heterocycles. The summed E-state index contributed by atoms with van der Waals surface area (Å²) in [5, 5.41) is -1.06. The highest BCUT2D eigenvalue weighted by Gasteiger charge is 2.28. The van der Waals surface area contributed by atoms with Crippen molar-refractivity contribution in [3.05, 3.63) is 0 Å². The van der Waals surface area contributed by atoms with E-state index in [0.717, 1.165) is 0 Å². The van der Waals surface area contributed by atoms with E-state index in [1.165, 1.54) is 0 Å². The van der Waals surface area contributed by atoms with Gasteiger partial charge in [-0.1, -0.05) is 25.4 Å². The molecule has 0 rings (SSSR count). The molecule has 5 heteroatoms. The van der Waals surface area contributed by atoms with Crippen molar-refractivity contribution in [3.8, 4) is 0 Å². The van der Waals surface area contributed by atoms with Crippen LogP contribution in [-0.2, 0) is 15.5 Å². The minimum atomic E-state index is -2.29. The van der Waals surface area contributed by atoms with Crippen molar-refractivity contribution in [2.75, 3.05) is 0 Å². The van der Waals surface area contributed by atoms with Crippen molar-refractivity contribution >= 4 is 23.0 Å². The van der Waals surface area contributed by atoms with Crippen molar-refractivity contribution in [1.29, 1.82) is 0 Å². The number of hydrogen-bond donors (Lipinski definition) is 1. The Morgan fingerprint density at radius 3 is 2.20 bits per heavy atom. The van der Waals surface area contributed by atoms with E-state index in [1.54, 1.807) is 20.8 Å². The Labute approximate surface area is 68.2 Å². The number of hydrogen-bond acceptors (Lipinski definition) is 2. The van der Waals surface area contributed by atoms with Crippen molar-refractivity contribution in [2.45, 2.75) is 25.8 Å². The molecule has 0 aromatic rings. The first-order valence-corrected chi connectivity index (χ1v) is 4.26. The summed E-state index contributed by atoms with van der Waals surface area (Å²) in [6.45, 7) is 5.16. The summed E-state index contributed by atoms with van der Waals surface area (Å²) in [7, 11) is 0. The van der Waals surface area contributed by atoms with E-state index in [9.17, 15) is 4.21 Å². The second kappa shape index (κ2) is 3.67. The molecule has 1 N–H and O–H groups in total. The molecule has 0 aliphatic heterocycles. The molecule has 62 valence electrons. The fraction of sp³-hybridized carbons (Fsp3) is 1.00. The summed E-state index contributed by atoms with van der Waals surface area (Å²) in [6, 6.07) is 0. The molecular weight excluding hydrogens is 176 g/mol. The summed E-state index contributed by atoms with van der Waals surface area (Å²) in [4.78, 5) is 0. The molecule has 0 fully saturated rings. The lowest BCUT2D eigenvalue weighted by molar-refractivity contribution is 0.131. The normalized spacial score (nSPS) is 20.6. The van der Waals surface area contributed by atoms with Crippen molar-refractivity contribution in [2.24, 2.45) is 5.92 Å². The second-order valence-corrected chi connectivity index (χ2v) is 3.79. The zero-order valence-corrected chi connectivity index (χ0v) is 7.70. The number of alkyl halides is 1. The van der Waals surface area contributed by atoms with Crippen LogP contribution in [0.25, 0.3) is 0 Å². The maximum Gasteiger partial charge on any atom is 0.303 e. The van der Waals surface area contributed by atoms with Gasteiger partial charge in [0.05, 0.1) is 0 Å². The Hall–Kier alpha value is 0.360. The van der Waals surface area contributed by atoms with Crippen molar-refractivity contribution < 1.29 is 12.9 Å². The lowest BCUT2D eigenvalue weighted by atomic mass is 10.1. The van der Waals surface area contributed by atoms with Crippen LogP contribution in [0.2, 0.25) is 0 Å². The smallest absolute Gasteiger partial charge is 0.284 e. The van der Waals surface area contributed by atoms with E-state index >= 15 is 0 Å². The molecule has 2 atom stereocenters. The highest BCUT2D eigenvalue weighted by atomic mass is 35.5. The zero-order valence-electron chi connectivity index (χ0n) is 6.13. The number of halogens is 1. The van der Waals surface area contributed by atoms with E-state index < -0.39 is 16.4 Å². The van der Waals surface area contributed by atoms with Crippen LogP contribution in [0.1, 0.15) is 20.8 Å². The van der Waals surface area contributed by atoms with Gasteiger partial charge in [0.25, 0.3) is 0 Å². The molecular formula is C5H11ClO3S. The summed E-state index contributed by atoms with van der Waals surface area (Å²) in [6.07, 6.45) is 0. The predicted octanol–water partition coefficient (Wildman–Crippen LogP) is 1.75. The van der Waals surface area contributed by atoms with Crippen LogP contribution in [0.4, 0.5) is 0 Å². The van der Waals surface area contributed by atoms with Crippen LogP contribution in [-0.4, -0.2) is 13.8 Å². The van der Waals surface area contributed by atoms with Crippen LogP contribution in [0.15, 0.2) is 0 Å². The summed E-state index contributed by atoms with van der Waals surface area (Å²) >= 11 is 3.40. The van der Waals surface area contributed by atoms with Gasteiger partial charge in [-0.3, -0.25) is 4.55 Å². The second-order valence-electron chi connectivity index (χ2n) is 2.44. The first-order chi connectivity index (χ1) is 4.36. The van der Waals surface area contributed by atoms with Crippen LogP contribution < -0.4 is 0 Å². The average Bonchev–Trinajstić information content (AvgIpc) is 1.60. The third-order valence-electron chi connectivity index (χ3n) is 1.27. The highest BCUT2D eigenvalue weighted by molar-refractivity contribution is 7.74. The fourth-order valence-electron chi connectivity index (χ4n) is 0.236. The first-order valence-electron chi connectivity index (χ1n) is 2.85. The number of rotatable bonds is 3.